The average Bonchev–Trinajstić information content (AvgIpc) is 2.22. The van der Waals surface area contributed by atoms with Crippen LogP contribution in [0.2, 0.25) is 0 Å². The Bertz CT molecular complexity index is 178. The fourth-order valence-corrected chi connectivity index (χ4v) is 1.79. The second-order valence-corrected chi connectivity index (χ2v) is 4.51. The molecule has 0 saturated heterocycles. The van der Waals surface area contributed by atoms with Crippen LogP contribution in [-0.4, -0.2) is 55.5 Å². The van der Waals surface area contributed by atoms with Gasteiger partial charge in [-0.25, -0.2) is 0 Å². The maximum absolute atomic E-state index is 11.4. The lowest BCUT2D eigenvalue weighted by atomic mass is 10.1. The van der Waals surface area contributed by atoms with Gasteiger partial charge in [-0.3, -0.25) is 4.79 Å². The molecule has 0 fully saturated rings. The first-order valence-corrected chi connectivity index (χ1v) is 6.71. The van der Waals surface area contributed by atoms with Crippen molar-refractivity contribution in [1.82, 2.24) is 10.2 Å². The van der Waals surface area contributed by atoms with Crippen molar-refractivity contribution in [2.75, 3.05) is 38.7 Å². The molecule has 0 rings (SSSR count). The van der Waals surface area contributed by atoms with Crippen molar-refractivity contribution in [2.45, 2.75) is 19.4 Å². The van der Waals surface area contributed by atoms with Crippen LogP contribution in [-0.2, 0) is 4.79 Å². The van der Waals surface area contributed by atoms with Crippen molar-refractivity contribution in [1.29, 1.82) is 0 Å². The standard InChI is InChI=1S/C10H23N3OS/c1-4-12-10(14)7-9(8-11)13(2)5-6-15-3/h9H,4-8,11H2,1-3H3,(H,12,14). The van der Waals surface area contributed by atoms with E-state index in [1.54, 1.807) is 11.8 Å². The lowest BCUT2D eigenvalue weighted by molar-refractivity contribution is -0.122. The molecule has 0 spiro atoms. The molecular formula is C10H23N3OS. The molecule has 0 heterocycles. The zero-order valence-electron chi connectivity index (χ0n) is 9.95. The summed E-state index contributed by atoms with van der Waals surface area (Å²) in [6, 6.07) is 0.156. The van der Waals surface area contributed by atoms with E-state index in [0.717, 1.165) is 12.3 Å². The molecule has 0 aliphatic carbocycles. The first-order chi connectivity index (χ1) is 7.15. The number of likely N-dealkylation sites (N-methyl/N-ethyl adjacent to an activating group) is 1. The first-order valence-electron chi connectivity index (χ1n) is 5.31. The molecule has 0 aromatic heterocycles. The van der Waals surface area contributed by atoms with E-state index >= 15 is 0 Å². The summed E-state index contributed by atoms with van der Waals surface area (Å²) in [5.74, 6) is 1.16. The Labute approximate surface area is 97.0 Å². The number of carbonyl (C=O) groups is 1. The van der Waals surface area contributed by atoms with Gasteiger partial charge in [0.15, 0.2) is 0 Å². The van der Waals surface area contributed by atoms with Crippen LogP contribution in [0, 0.1) is 0 Å². The molecule has 0 saturated carbocycles. The second kappa shape index (κ2) is 9.00. The topological polar surface area (TPSA) is 58.4 Å². The smallest absolute Gasteiger partial charge is 0.221 e. The van der Waals surface area contributed by atoms with Gasteiger partial charge in [-0.05, 0) is 20.2 Å². The van der Waals surface area contributed by atoms with Crippen LogP contribution < -0.4 is 11.1 Å². The average molecular weight is 233 g/mol. The van der Waals surface area contributed by atoms with Crippen molar-refractivity contribution in [3.63, 3.8) is 0 Å². The van der Waals surface area contributed by atoms with Gasteiger partial charge < -0.3 is 16.0 Å². The van der Waals surface area contributed by atoms with Gasteiger partial charge in [-0.1, -0.05) is 0 Å². The van der Waals surface area contributed by atoms with Gasteiger partial charge in [-0.2, -0.15) is 11.8 Å². The molecule has 1 amide bonds. The lowest BCUT2D eigenvalue weighted by Gasteiger charge is -2.26. The van der Waals surface area contributed by atoms with Crippen molar-refractivity contribution in [2.24, 2.45) is 5.73 Å². The van der Waals surface area contributed by atoms with E-state index in [2.05, 4.69) is 16.5 Å². The SMILES string of the molecule is CCNC(=O)CC(CN)N(C)CCSC. The van der Waals surface area contributed by atoms with E-state index in [4.69, 9.17) is 5.73 Å². The maximum Gasteiger partial charge on any atom is 0.221 e. The molecule has 0 aliphatic heterocycles. The van der Waals surface area contributed by atoms with Crippen LogP contribution in [0.1, 0.15) is 13.3 Å². The van der Waals surface area contributed by atoms with E-state index in [9.17, 15) is 4.79 Å². The number of amides is 1. The van der Waals surface area contributed by atoms with Gasteiger partial charge in [0, 0.05) is 37.8 Å². The second-order valence-electron chi connectivity index (χ2n) is 3.52. The summed E-state index contributed by atoms with van der Waals surface area (Å²) in [5.41, 5.74) is 5.66. The summed E-state index contributed by atoms with van der Waals surface area (Å²) in [5, 5.41) is 2.79. The monoisotopic (exact) mass is 233 g/mol. The molecule has 0 bridgehead atoms. The summed E-state index contributed by atoms with van der Waals surface area (Å²) in [6.45, 7) is 4.11. The third kappa shape index (κ3) is 6.76. The highest BCUT2D eigenvalue weighted by Crippen LogP contribution is 2.02. The minimum atomic E-state index is 0.0870. The Morgan fingerprint density at radius 3 is 2.73 bits per heavy atom. The van der Waals surface area contributed by atoms with Crippen molar-refractivity contribution in [3.05, 3.63) is 0 Å². The van der Waals surface area contributed by atoms with E-state index in [-0.39, 0.29) is 11.9 Å². The molecule has 0 radical (unpaired) electrons. The highest BCUT2D eigenvalue weighted by Gasteiger charge is 2.16. The Hall–Kier alpha value is -0.260. The Balaban J connectivity index is 3.93. The molecule has 0 aromatic carbocycles. The molecule has 15 heavy (non-hydrogen) atoms. The maximum atomic E-state index is 11.4. The van der Waals surface area contributed by atoms with E-state index in [0.29, 0.717) is 19.5 Å². The van der Waals surface area contributed by atoms with Crippen LogP contribution >= 0.6 is 11.8 Å². The number of hydrogen-bond donors (Lipinski definition) is 2. The largest absolute Gasteiger partial charge is 0.356 e. The van der Waals surface area contributed by atoms with E-state index < -0.39 is 0 Å². The first kappa shape index (κ1) is 14.7. The molecule has 90 valence electrons. The summed E-state index contributed by atoms with van der Waals surface area (Å²) in [7, 11) is 2.02. The predicted molar refractivity (Wildman–Crippen MR) is 67.2 cm³/mol. The van der Waals surface area contributed by atoms with E-state index in [1.165, 1.54) is 0 Å². The van der Waals surface area contributed by atoms with Gasteiger partial charge in [0.1, 0.15) is 0 Å². The highest BCUT2D eigenvalue weighted by molar-refractivity contribution is 7.98. The van der Waals surface area contributed by atoms with Gasteiger partial charge in [-0.15, -0.1) is 0 Å². The third-order valence-corrected chi connectivity index (χ3v) is 2.93. The van der Waals surface area contributed by atoms with Crippen molar-refractivity contribution < 1.29 is 4.79 Å². The molecule has 1 unspecified atom stereocenters. The van der Waals surface area contributed by atoms with Gasteiger partial charge in [0.25, 0.3) is 0 Å². The number of nitrogens with two attached hydrogens (primary N) is 1. The molecule has 0 aromatic rings. The zero-order valence-corrected chi connectivity index (χ0v) is 10.8. The zero-order chi connectivity index (χ0) is 11.7. The molecular weight excluding hydrogens is 210 g/mol. The fraction of sp³-hybridized carbons (Fsp3) is 0.900. The molecule has 1 atom stereocenters. The molecule has 5 heteroatoms. The minimum Gasteiger partial charge on any atom is -0.356 e. The lowest BCUT2D eigenvalue weighted by Crippen LogP contribution is -2.42. The highest BCUT2D eigenvalue weighted by atomic mass is 32.2. The van der Waals surface area contributed by atoms with Crippen molar-refractivity contribution >= 4 is 17.7 Å². The number of thioether (sulfide) groups is 1. The quantitative estimate of drug-likeness (QED) is 0.626. The number of nitrogens with zero attached hydrogens (tertiary/aromatic N) is 1. The summed E-state index contributed by atoms with van der Waals surface area (Å²) >= 11 is 1.80. The number of carbonyl (C=O) groups excluding carboxylic acids is 1. The number of rotatable bonds is 8. The van der Waals surface area contributed by atoms with Gasteiger partial charge in [0.05, 0.1) is 0 Å². The van der Waals surface area contributed by atoms with E-state index in [1.807, 2.05) is 14.0 Å². The van der Waals surface area contributed by atoms with Gasteiger partial charge in [0.2, 0.25) is 5.91 Å². The Morgan fingerprint density at radius 2 is 2.27 bits per heavy atom. The van der Waals surface area contributed by atoms with Crippen LogP contribution in [0.5, 0.6) is 0 Å². The number of nitrogens with one attached hydrogen (secondary N) is 1. The number of hydrogen-bond acceptors (Lipinski definition) is 4. The summed E-state index contributed by atoms with van der Waals surface area (Å²) in [4.78, 5) is 13.6. The van der Waals surface area contributed by atoms with Crippen LogP contribution in [0.25, 0.3) is 0 Å². The summed E-state index contributed by atoms with van der Waals surface area (Å²) < 4.78 is 0. The Morgan fingerprint density at radius 1 is 1.60 bits per heavy atom. The molecule has 3 N–H and O–H groups in total. The van der Waals surface area contributed by atoms with Crippen molar-refractivity contribution in [3.8, 4) is 0 Å². The summed E-state index contributed by atoms with van der Waals surface area (Å²) in [6.07, 6.45) is 2.57. The molecule has 0 aliphatic rings. The van der Waals surface area contributed by atoms with Crippen LogP contribution in [0.4, 0.5) is 0 Å². The predicted octanol–water partition coefficient (Wildman–Crippen LogP) is 0.135. The van der Waals surface area contributed by atoms with Crippen LogP contribution in [0.15, 0.2) is 0 Å². The Kier molecular flexibility index (Phi) is 8.85. The third-order valence-electron chi connectivity index (χ3n) is 2.34. The molecule has 4 nitrogen and oxygen atoms in total. The van der Waals surface area contributed by atoms with Gasteiger partial charge >= 0.3 is 0 Å². The fourth-order valence-electron chi connectivity index (χ4n) is 1.32. The van der Waals surface area contributed by atoms with Crippen LogP contribution in [0.3, 0.4) is 0 Å². The minimum absolute atomic E-state index is 0.0870. The normalized spacial score (nSPS) is 12.9.